The van der Waals surface area contributed by atoms with Gasteiger partial charge in [-0.15, -0.1) is 0 Å². The zero-order valence-electron chi connectivity index (χ0n) is 11.2. The first-order valence-corrected chi connectivity index (χ1v) is 5.84. The van der Waals surface area contributed by atoms with Gasteiger partial charge in [0.25, 0.3) is 0 Å². The third-order valence-corrected chi connectivity index (χ3v) is 2.42. The Hall–Kier alpha value is -1.69. The van der Waals surface area contributed by atoms with Crippen LogP contribution in [0.3, 0.4) is 0 Å². The first kappa shape index (κ1) is 14.4. The molecule has 100 valence electrons. The highest BCUT2D eigenvalue weighted by Crippen LogP contribution is 2.23. The first-order valence-electron chi connectivity index (χ1n) is 5.84. The largest absolute Gasteiger partial charge is 0.374 e. The van der Waals surface area contributed by atoms with Crippen molar-refractivity contribution in [2.45, 2.75) is 33.3 Å². The molecule has 6 heteroatoms. The molecular weight excluding hydrogens is 234 g/mol. The summed E-state index contributed by atoms with van der Waals surface area (Å²) in [5.74, 6) is 0.276. The predicted molar refractivity (Wildman–Crippen MR) is 69.8 cm³/mol. The van der Waals surface area contributed by atoms with Crippen LogP contribution < -0.4 is 5.32 Å². The highest BCUT2D eigenvalue weighted by Gasteiger charge is 2.21. The third-order valence-electron chi connectivity index (χ3n) is 2.42. The number of aromatic nitrogens is 1. The van der Waals surface area contributed by atoms with E-state index in [-0.39, 0.29) is 11.5 Å². The SMILES string of the molecule is CCOC(C)(C)CNc1ncc(C)cc1[N+](=O)[O-]. The number of anilines is 1. The monoisotopic (exact) mass is 253 g/mol. The lowest BCUT2D eigenvalue weighted by Gasteiger charge is -2.25. The van der Waals surface area contributed by atoms with Crippen LogP contribution in [0.15, 0.2) is 12.3 Å². The second kappa shape index (κ2) is 5.77. The van der Waals surface area contributed by atoms with Crippen molar-refractivity contribution in [3.63, 3.8) is 0 Å². The molecule has 18 heavy (non-hydrogen) atoms. The van der Waals surface area contributed by atoms with E-state index >= 15 is 0 Å². The van der Waals surface area contributed by atoms with Crippen molar-refractivity contribution in [3.8, 4) is 0 Å². The molecule has 1 aromatic rings. The van der Waals surface area contributed by atoms with E-state index in [2.05, 4.69) is 10.3 Å². The van der Waals surface area contributed by atoms with Gasteiger partial charge in [-0.3, -0.25) is 10.1 Å². The number of aryl methyl sites for hydroxylation is 1. The maximum atomic E-state index is 10.9. The van der Waals surface area contributed by atoms with E-state index in [1.807, 2.05) is 20.8 Å². The second-order valence-corrected chi connectivity index (χ2v) is 4.68. The Morgan fingerprint density at radius 3 is 2.78 bits per heavy atom. The minimum atomic E-state index is -0.435. The summed E-state index contributed by atoms with van der Waals surface area (Å²) in [7, 11) is 0. The van der Waals surface area contributed by atoms with Crippen molar-refractivity contribution < 1.29 is 9.66 Å². The molecule has 0 atom stereocenters. The van der Waals surface area contributed by atoms with Gasteiger partial charge in [0.05, 0.1) is 10.5 Å². The fraction of sp³-hybridized carbons (Fsp3) is 0.583. The number of nitrogens with zero attached hydrogens (tertiary/aromatic N) is 2. The lowest BCUT2D eigenvalue weighted by atomic mass is 10.1. The molecule has 1 N–H and O–H groups in total. The Morgan fingerprint density at radius 2 is 2.22 bits per heavy atom. The van der Waals surface area contributed by atoms with Gasteiger partial charge in [-0.25, -0.2) is 4.98 Å². The highest BCUT2D eigenvalue weighted by molar-refractivity contribution is 5.56. The molecule has 1 rings (SSSR count). The molecule has 0 aliphatic rings. The van der Waals surface area contributed by atoms with Crippen LogP contribution in [0.4, 0.5) is 11.5 Å². The van der Waals surface area contributed by atoms with Gasteiger partial charge in [-0.05, 0) is 33.3 Å². The maximum Gasteiger partial charge on any atom is 0.311 e. The quantitative estimate of drug-likeness (QED) is 0.622. The summed E-state index contributed by atoms with van der Waals surface area (Å²) >= 11 is 0. The Morgan fingerprint density at radius 1 is 1.56 bits per heavy atom. The number of hydrogen-bond acceptors (Lipinski definition) is 5. The molecule has 0 unspecified atom stereocenters. The standard InChI is InChI=1S/C12H19N3O3/c1-5-18-12(3,4)8-14-11-10(15(16)17)6-9(2)7-13-11/h6-7H,5,8H2,1-4H3,(H,13,14). The fourth-order valence-electron chi connectivity index (χ4n) is 1.57. The molecule has 0 bridgehead atoms. The van der Waals surface area contributed by atoms with E-state index in [1.165, 1.54) is 6.07 Å². The van der Waals surface area contributed by atoms with Crippen LogP contribution in [0.2, 0.25) is 0 Å². The number of rotatable bonds is 6. The molecule has 0 aromatic carbocycles. The van der Waals surface area contributed by atoms with E-state index in [0.717, 1.165) is 5.56 Å². The van der Waals surface area contributed by atoms with E-state index in [4.69, 9.17) is 4.74 Å². The molecule has 6 nitrogen and oxygen atoms in total. The van der Waals surface area contributed by atoms with Crippen LogP contribution in [-0.4, -0.2) is 28.7 Å². The van der Waals surface area contributed by atoms with Crippen molar-refractivity contribution in [2.75, 3.05) is 18.5 Å². The minimum Gasteiger partial charge on any atom is -0.374 e. The first-order chi connectivity index (χ1) is 8.35. The van der Waals surface area contributed by atoms with Crippen LogP contribution >= 0.6 is 0 Å². The number of pyridine rings is 1. The summed E-state index contributed by atoms with van der Waals surface area (Å²) in [4.78, 5) is 14.5. The molecule has 0 amide bonds. The zero-order chi connectivity index (χ0) is 13.8. The number of nitro groups is 1. The molecule has 0 aliphatic heterocycles. The Labute approximate surface area is 107 Å². The average Bonchev–Trinajstić information content (AvgIpc) is 2.27. The molecule has 0 fully saturated rings. The van der Waals surface area contributed by atoms with E-state index < -0.39 is 10.5 Å². The van der Waals surface area contributed by atoms with Gasteiger partial charge in [0, 0.05) is 25.4 Å². The third kappa shape index (κ3) is 3.96. The van der Waals surface area contributed by atoms with Crippen LogP contribution in [0.5, 0.6) is 0 Å². The van der Waals surface area contributed by atoms with Crippen molar-refractivity contribution in [1.29, 1.82) is 0 Å². The van der Waals surface area contributed by atoms with E-state index in [1.54, 1.807) is 13.1 Å². The van der Waals surface area contributed by atoms with Gasteiger partial charge in [-0.1, -0.05) is 0 Å². The fourth-order valence-corrected chi connectivity index (χ4v) is 1.57. The Balaban J connectivity index is 2.82. The van der Waals surface area contributed by atoms with E-state index in [9.17, 15) is 10.1 Å². The van der Waals surface area contributed by atoms with Crippen LogP contribution in [-0.2, 0) is 4.74 Å². The van der Waals surface area contributed by atoms with Gasteiger partial charge in [0.2, 0.25) is 5.82 Å². The van der Waals surface area contributed by atoms with Crippen molar-refractivity contribution >= 4 is 11.5 Å². The summed E-state index contributed by atoms with van der Waals surface area (Å²) < 4.78 is 5.51. The summed E-state index contributed by atoms with van der Waals surface area (Å²) in [5, 5.41) is 13.9. The Bertz CT molecular complexity index is 433. The lowest BCUT2D eigenvalue weighted by molar-refractivity contribution is -0.384. The molecule has 0 saturated heterocycles. The lowest BCUT2D eigenvalue weighted by Crippen LogP contribution is -2.33. The number of nitrogens with one attached hydrogen (secondary N) is 1. The topological polar surface area (TPSA) is 77.3 Å². The van der Waals surface area contributed by atoms with E-state index in [0.29, 0.717) is 13.2 Å². The summed E-state index contributed by atoms with van der Waals surface area (Å²) in [5.41, 5.74) is 0.355. The summed E-state index contributed by atoms with van der Waals surface area (Å²) in [6, 6.07) is 1.50. The number of hydrogen-bond donors (Lipinski definition) is 1. The second-order valence-electron chi connectivity index (χ2n) is 4.68. The van der Waals surface area contributed by atoms with Crippen molar-refractivity contribution in [3.05, 3.63) is 27.9 Å². The molecule has 1 aromatic heterocycles. The van der Waals surface area contributed by atoms with Gasteiger partial charge in [0.15, 0.2) is 0 Å². The van der Waals surface area contributed by atoms with Crippen molar-refractivity contribution in [2.24, 2.45) is 0 Å². The minimum absolute atomic E-state index is 0.0118. The molecule has 0 saturated carbocycles. The molecular formula is C12H19N3O3. The van der Waals surface area contributed by atoms with Crippen LogP contribution in [0.1, 0.15) is 26.3 Å². The summed E-state index contributed by atoms with van der Waals surface area (Å²) in [6.45, 7) is 8.57. The van der Waals surface area contributed by atoms with Gasteiger partial charge < -0.3 is 10.1 Å². The van der Waals surface area contributed by atoms with Gasteiger partial charge >= 0.3 is 5.69 Å². The molecule has 1 heterocycles. The van der Waals surface area contributed by atoms with Crippen LogP contribution in [0.25, 0.3) is 0 Å². The molecule has 0 aliphatic carbocycles. The van der Waals surface area contributed by atoms with Gasteiger partial charge in [-0.2, -0.15) is 0 Å². The maximum absolute atomic E-state index is 10.9. The molecule has 0 radical (unpaired) electrons. The van der Waals surface area contributed by atoms with Gasteiger partial charge in [0.1, 0.15) is 0 Å². The molecule has 0 spiro atoms. The zero-order valence-corrected chi connectivity index (χ0v) is 11.2. The number of ether oxygens (including phenoxy) is 1. The predicted octanol–water partition coefficient (Wildman–Crippen LogP) is 2.53. The van der Waals surface area contributed by atoms with Crippen molar-refractivity contribution in [1.82, 2.24) is 4.98 Å². The Kier molecular flexibility index (Phi) is 4.61. The normalized spacial score (nSPS) is 11.3. The summed E-state index contributed by atoms with van der Waals surface area (Å²) in [6.07, 6.45) is 1.60. The highest BCUT2D eigenvalue weighted by atomic mass is 16.6. The van der Waals surface area contributed by atoms with Crippen LogP contribution in [0, 0.1) is 17.0 Å². The smallest absolute Gasteiger partial charge is 0.311 e. The average molecular weight is 253 g/mol.